The fourth-order valence-electron chi connectivity index (χ4n) is 3.80. The summed E-state index contributed by atoms with van der Waals surface area (Å²) in [5.41, 5.74) is 0. The van der Waals surface area contributed by atoms with Crippen LogP contribution in [0.25, 0.3) is 0 Å². The van der Waals surface area contributed by atoms with Crippen LogP contribution in [0.5, 0.6) is 0 Å². The first-order valence-electron chi connectivity index (χ1n) is 10.5. The van der Waals surface area contributed by atoms with Crippen LogP contribution in [0.3, 0.4) is 0 Å². The molecular weight excluding hydrogens is 312 g/mol. The van der Waals surface area contributed by atoms with Gasteiger partial charge in [-0.2, -0.15) is 0 Å². The van der Waals surface area contributed by atoms with Crippen molar-refractivity contribution in [1.82, 2.24) is 0 Å². The van der Waals surface area contributed by atoms with E-state index in [1.807, 2.05) is 0 Å². The van der Waals surface area contributed by atoms with Gasteiger partial charge in [0.15, 0.2) is 5.79 Å². The highest BCUT2D eigenvalue weighted by atomic mass is 16.7. The third-order valence-electron chi connectivity index (χ3n) is 5.00. The molecule has 25 heavy (non-hydrogen) atoms. The Hall–Kier alpha value is -0.380. The predicted molar refractivity (Wildman–Crippen MR) is 108 cm³/mol. The lowest BCUT2D eigenvalue weighted by atomic mass is 9.79. The van der Waals surface area contributed by atoms with E-state index in [9.17, 15) is 0 Å². The molecule has 0 aliphatic rings. The second-order valence-electron chi connectivity index (χ2n) is 7.02. The average molecular weight is 357 g/mol. The summed E-state index contributed by atoms with van der Waals surface area (Å²) in [6.45, 7) is 12.8. The van der Waals surface area contributed by atoms with Gasteiger partial charge in [-0.25, -0.2) is 0 Å². The van der Waals surface area contributed by atoms with Crippen molar-refractivity contribution in [2.75, 3.05) is 26.9 Å². The molecule has 0 aliphatic carbocycles. The molecule has 0 bridgehead atoms. The lowest BCUT2D eigenvalue weighted by Crippen LogP contribution is -2.44. The number of rotatable bonds is 17. The summed E-state index contributed by atoms with van der Waals surface area (Å²) in [7, 11) is 1.77. The maximum atomic E-state index is 6.14. The number of unbranched alkanes of at least 4 members (excludes halogenated alkanes) is 4. The van der Waals surface area contributed by atoms with Gasteiger partial charge < -0.3 is 14.2 Å². The van der Waals surface area contributed by atoms with E-state index < -0.39 is 5.79 Å². The summed E-state index contributed by atoms with van der Waals surface area (Å²) < 4.78 is 17.6. The molecule has 0 saturated heterocycles. The van der Waals surface area contributed by atoms with Crippen LogP contribution < -0.4 is 0 Å². The molecule has 0 aromatic carbocycles. The smallest absolute Gasteiger partial charge is 0.168 e. The lowest BCUT2D eigenvalue weighted by molar-refractivity contribution is -0.260. The normalized spacial score (nSPS) is 15.0. The predicted octanol–water partition coefficient (Wildman–Crippen LogP) is 6.37. The van der Waals surface area contributed by atoms with Gasteiger partial charge in [0, 0.05) is 32.8 Å². The topological polar surface area (TPSA) is 27.7 Å². The van der Waals surface area contributed by atoms with Crippen molar-refractivity contribution in [1.29, 1.82) is 0 Å². The Kier molecular flexibility index (Phi) is 15.6. The third kappa shape index (κ3) is 10.4. The molecule has 0 rings (SSSR count). The number of hydrogen-bond donors (Lipinski definition) is 0. The average Bonchev–Trinajstić information content (AvgIpc) is 2.58. The Morgan fingerprint density at radius 3 is 2.04 bits per heavy atom. The van der Waals surface area contributed by atoms with E-state index in [4.69, 9.17) is 14.2 Å². The molecule has 0 spiro atoms. The van der Waals surface area contributed by atoms with Gasteiger partial charge in [0.2, 0.25) is 0 Å². The molecule has 2 unspecified atom stereocenters. The molecule has 2 atom stereocenters. The van der Waals surface area contributed by atoms with Crippen LogP contribution in [-0.2, 0) is 14.2 Å². The minimum Gasteiger partial charge on any atom is -0.385 e. The van der Waals surface area contributed by atoms with Crippen molar-refractivity contribution < 1.29 is 14.2 Å². The van der Waals surface area contributed by atoms with Crippen molar-refractivity contribution in [2.24, 2.45) is 11.8 Å². The van der Waals surface area contributed by atoms with Gasteiger partial charge in [-0.05, 0) is 52.9 Å². The van der Waals surface area contributed by atoms with Crippen molar-refractivity contribution >= 4 is 0 Å². The van der Waals surface area contributed by atoms with Gasteiger partial charge in [0.05, 0.1) is 0 Å². The molecule has 0 N–H and O–H groups in total. The monoisotopic (exact) mass is 356 g/mol. The zero-order chi connectivity index (χ0) is 19.0. The summed E-state index contributed by atoms with van der Waals surface area (Å²) in [6, 6.07) is 0. The van der Waals surface area contributed by atoms with E-state index in [0.717, 1.165) is 19.4 Å². The summed E-state index contributed by atoms with van der Waals surface area (Å²) in [6.07, 6.45) is 14.5. The van der Waals surface area contributed by atoms with Gasteiger partial charge in [0.1, 0.15) is 0 Å². The maximum Gasteiger partial charge on any atom is 0.168 e. The lowest BCUT2D eigenvalue weighted by Gasteiger charge is -2.41. The fourth-order valence-corrected chi connectivity index (χ4v) is 3.80. The van der Waals surface area contributed by atoms with Crippen LogP contribution in [0.15, 0.2) is 12.2 Å². The Morgan fingerprint density at radius 2 is 1.52 bits per heavy atom. The summed E-state index contributed by atoms with van der Waals surface area (Å²) in [5.74, 6) is 0.321. The van der Waals surface area contributed by atoms with Crippen molar-refractivity contribution in [3.05, 3.63) is 12.2 Å². The first-order valence-corrected chi connectivity index (χ1v) is 10.5. The van der Waals surface area contributed by atoms with E-state index in [1.165, 1.54) is 38.5 Å². The zero-order valence-corrected chi connectivity index (χ0v) is 17.8. The second kappa shape index (κ2) is 15.8. The largest absolute Gasteiger partial charge is 0.385 e. The van der Waals surface area contributed by atoms with E-state index in [2.05, 4.69) is 46.8 Å². The summed E-state index contributed by atoms with van der Waals surface area (Å²) in [5, 5.41) is 0. The van der Waals surface area contributed by atoms with Gasteiger partial charge in [-0.15, -0.1) is 0 Å². The first-order chi connectivity index (χ1) is 12.1. The standard InChI is InChI=1S/C22H44O3/c1-7-11-12-13-14-17-20(16-8-2)21(18-15-19-23-6)22(5,24-9-3)25-10-4/h8,16,20-21H,7,9-15,17-19H2,1-6H3. The molecule has 0 radical (unpaired) electrons. The molecule has 0 aliphatic heterocycles. The SMILES string of the molecule is CC=CC(CCCCCCC)C(CCCOC)C(C)(OCC)OCC. The highest BCUT2D eigenvalue weighted by molar-refractivity contribution is 4.94. The number of methoxy groups -OCH3 is 1. The molecule has 0 heterocycles. The molecule has 0 saturated carbocycles. The van der Waals surface area contributed by atoms with Crippen LogP contribution >= 0.6 is 0 Å². The van der Waals surface area contributed by atoms with Crippen molar-refractivity contribution in [3.8, 4) is 0 Å². The van der Waals surface area contributed by atoms with Gasteiger partial charge in [-0.1, -0.05) is 51.2 Å². The van der Waals surface area contributed by atoms with E-state index in [1.54, 1.807) is 7.11 Å². The number of ether oxygens (including phenoxy) is 3. The van der Waals surface area contributed by atoms with E-state index in [-0.39, 0.29) is 0 Å². The van der Waals surface area contributed by atoms with Crippen LogP contribution in [-0.4, -0.2) is 32.7 Å². The summed E-state index contributed by atoms with van der Waals surface area (Å²) in [4.78, 5) is 0. The van der Waals surface area contributed by atoms with Crippen LogP contribution in [0.2, 0.25) is 0 Å². The van der Waals surface area contributed by atoms with Crippen LogP contribution in [0, 0.1) is 11.8 Å². The van der Waals surface area contributed by atoms with Crippen molar-refractivity contribution in [3.63, 3.8) is 0 Å². The molecule has 0 fully saturated rings. The molecule has 0 amide bonds. The Morgan fingerprint density at radius 1 is 0.880 bits per heavy atom. The molecule has 150 valence electrons. The second-order valence-corrected chi connectivity index (χ2v) is 7.02. The van der Waals surface area contributed by atoms with E-state index in [0.29, 0.717) is 25.0 Å². The Balaban J connectivity index is 5.10. The molecule has 3 heteroatoms. The van der Waals surface area contributed by atoms with Gasteiger partial charge >= 0.3 is 0 Å². The molecular formula is C22H44O3. The fraction of sp³-hybridized carbons (Fsp3) is 0.909. The maximum absolute atomic E-state index is 6.14. The number of hydrogen-bond acceptors (Lipinski definition) is 3. The zero-order valence-electron chi connectivity index (χ0n) is 17.8. The summed E-state index contributed by atoms with van der Waals surface area (Å²) >= 11 is 0. The molecule has 3 nitrogen and oxygen atoms in total. The quantitative estimate of drug-likeness (QED) is 0.172. The van der Waals surface area contributed by atoms with Gasteiger partial charge in [0.25, 0.3) is 0 Å². The molecule has 0 aromatic rings. The minimum absolute atomic E-state index is 0.352. The van der Waals surface area contributed by atoms with E-state index >= 15 is 0 Å². The molecule has 0 aromatic heterocycles. The van der Waals surface area contributed by atoms with Gasteiger partial charge in [-0.3, -0.25) is 0 Å². The Bertz CT molecular complexity index is 308. The van der Waals surface area contributed by atoms with Crippen molar-refractivity contribution in [2.45, 2.75) is 91.8 Å². The number of allylic oxidation sites excluding steroid dienone is 2. The highest BCUT2D eigenvalue weighted by Crippen LogP contribution is 2.37. The third-order valence-corrected chi connectivity index (χ3v) is 5.00. The minimum atomic E-state index is -0.523. The van der Waals surface area contributed by atoms with Crippen LogP contribution in [0.1, 0.15) is 86.0 Å². The van der Waals surface area contributed by atoms with Crippen LogP contribution in [0.4, 0.5) is 0 Å². The highest BCUT2D eigenvalue weighted by Gasteiger charge is 2.39. The first kappa shape index (κ1) is 24.6. The Labute approximate surface area is 157 Å².